The van der Waals surface area contributed by atoms with E-state index < -0.39 is 0 Å². The lowest BCUT2D eigenvalue weighted by molar-refractivity contribution is 0.0708. The number of benzene rings is 1. The first kappa shape index (κ1) is 19.4. The maximum absolute atomic E-state index is 13.1. The number of oxazole rings is 1. The van der Waals surface area contributed by atoms with Crippen LogP contribution in [0.25, 0.3) is 0 Å². The van der Waals surface area contributed by atoms with Gasteiger partial charge < -0.3 is 9.32 Å². The molecule has 1 aliphatic heterocycles. The standard InChI is InChI=1S/C22H25FN4O2/c1-2-3-5-17-13-19(26-25-17)22(28)27-11-4-6-20(27)21-24-14-18(29-21)12-15-7-9-16(23)10-8-15/h7-10,13-14,20H,2-6,11-12H2,1H3,(H,25,26)/t20-/m1/s1. The van der Waals surface area contributed by atoms with Crippen molar-refractivity contribution in [2.45, 2.75) is 51.5 Å². The summed E-state index contributed by atoms with van der Waals surface area (Å²) in [5.74, 6) is 0.898. The predicted octanol–water partition coefficient (Wildman–Crippen LogP) is 4.45. The van der Waals surface area contributed by atoms with Crippen LogP contribution in [0.15, 0.2) is 40.9 Å². The zero-order valence-electron chi connectivity index (χ0n) is 16.5. The number of unbranched alkanes of at least 4 members (excludes halogenated alkanes) is 1. The van der Waals surface area contributed by atoms with E-state index in [1.165, 1.54) is 12.1 Å². The molecular formula is C22H25FN4O2. The molecule has 0 spiro atoms. The van der Waals surface area contributed by atoms with Gasteiger partial charge in [0.15, 0.2) is 0 Å². The lowest BCUT2D eigenvalue weighted by Gasteiger charge is -2.21. The molecule has 0 bridgehead atoms. The molecule has 152 valence electrons. The minimum atomic E-state index is -0.261. The van der Waals surface area contributed by atoms with E-state index in [0.717, 1.165) is 43.4 Å². The zero-order chi connectivity index (χ0) is 20.2. The molecule has 6 nitrogen and oxygen atoms in total. The van der Waals surface area contributed by atoms with Crippen molar-refractivity contribution in [3.63, 3.8) is 0 Å². The molecular weight excluding hydrogens is 371 g/mol. The number of H-pyrrole nitrogens is 1. The van der Waals surface area contributed by atoms with Crippen LogP contribution in [-0.4, -0.2) is 32.5 Å². The van der Waals surface area contributed by atoms with E-state index in [1.807, 2.05) is 6.07 Å². The van der Waals surface area contributed by atoms with Gasteiger partial charge in [0.25, 0.3) is 5.91 Å². The van der Waals surface area contributed by atoms with E-state index in [1.54, 1.807) is 23.2 Å². The summed E-state index contributed by atoms with van der Waals surface area (Å²) in [5.41, 5.74) is 2.38. The smallest absolute Gasteiger partial charge is 0.275 e. The Labute approximate surface area is 169 Å². The Hall–Kier alpha value is -2.96. The van der Waals surface area contributed by atoms with Crippen molar-refractivity contribution in [3.05, 3.63) is 70.9 Å². The van der Waals surface area contributed by atoms with Gasteiger partial charge in [-0.1, -0.05) is 25.5 Å². The van der Waals surface area contributed by atoms with Gasteiger partial charge >= 0.3 is 0 Å². The van der Waals surface area contributed by atoms with Crippen LogP contribution in [0.2, 0.25) is 0 Å². The number of aromatic amines is 1. The molecule has 0 radical (unpaired) electrons. The minimum absolute atomic E-state index is 0.0928. The van der Waals surface area contributed by atoms with Crippen molar-refractivity contribution in [2.24, 2.45) is 0 Å². The molecule has 3 heterocycles. The molecule has 1 amide bonds. The molecule has 3 aromatic rings. The van der Waals surface area contributed by atoms with Crippen LogP contribution >= 0.6 is 0 Å². The number of nitrogens with one attached hydrogen (secondary N) is 1. The first-order valence-electron chi connectivity index (χ1n) is 10.2. The molecule has 1 aliphatic rings. The quantitative estimate of drug-likeness (QED) is 0.640. The summed E-state index contributed by atoms with van der Waals surface area (Å²) in [6, 6.07) is 8.00. The molecule has 2 aromatic heterocycles. The maximum atomic E-state index is 13.1. The van der Waals surface area contributed by atoms with Gasteiger partial charge in [-0.25, -0.2) is 9.37 Å². The lowest BCUT2D eigenvalue weighted by atomic mass is 10.1. The number of carbonyl (C=O) groups excluding carboxylic acids is 1. The third-order valence-electron chi connectivity index (χ3n) is 5.31. The van der Waals surface area contributed by atoms with Crippen molar-refractivity contribution < 1.29 is 13.6 Å². The Kier molecular flexibility index (Phi) is 5.74. The second-order valence-electron chi connectivity index (χ2n) is 7.51. The van der Waals surface area contributed by atoms with Crippen molar-refractivity contribution >= 4 is 5.91 Å². The highest BCUT2D eigenvalue weighted by Gasteiger charge is 2.34. The van der Waals surface area contributed by atoms with E-state index in [4.69, 9.17) is 4.42 Å². The van der Waals surface area contributed by atoms with Crippen molar-refractivity contribution in [2.75, 3.05) is 6.54 Å². The van der Waals surface area contributed by atoms with Gasteiger partial charge in [-0.05, 0) is 49.4 Å². The van der Waals surface area contributed by atoms with Gasteiger partial charge in [-0.3, -0.25) is 9.89 Å². The number of hydrogen-bond donors (Lipinski definition) is 1. The molecule has 4 rings (SSSR count). The third kappa shape index (κ3) is 4.39. The number of halogens is 1. The average Bonchev–Trinajstić information content (AvgIpc) is 3.48. The molecule has 1 aromatic carbocycles. The van der Waals surface area contributed by atoms with E-state index in [-0.39, 0.29) is 17.8 Å². The topological polar surface area (TPSA) is 75.0 Å². The Morgan fingerprint density at radius 2 is 2.17 bits per heavy atom. The van der Waals surface area contributed by atoms with Crippen LogP contribution in [0.4, 0.5) is 4.39 Å². The van der Waals surface area contributed by atoms with Gasteiger partial charge in [-0.15, -0.1) is 0 Å². The fourth-order valence-electron chi connectivity index (χ4n) is 3.74. The van der Waals surface area contributed by atoms with Crippen LogP contribution in [-0.2, 0) is 12.8 Å². The average molecular weight is 396 g/mol. The van der Waals surface area contributed by atoms with Crippen molar-refractivity contribution in [3.8, 4) is 0 Å². The maximum Gasteiger partial charge on any atom is 0.275 e. The number of carbonyl (C=O) groups is 1. The Morgan fingerprint density at radius 3 is 2.97 bits per heavy atom. The second-order valence-corrected chi connectivity index (χ2v) is 7.51. The molecule has 7 heteroatoms. The highest BCUT2D eigenvalue weighted by Crippen LogP contribution is 2.33. The number of hydrogen-bond acceptors (Lipinski definition) is 4. The highest BCUT2D eigenvalue weighted by atomic mass is 19.1. The first-order chi connectivity index (χ1) is 14.1. The lowest BCUT2D eigenvalue weighted by Crippen LogP contribution is -2.31. The summed E-state index contributed by atoms with van der Waals surface area (Å²) in [6.07, 6.45) is 7.00. The summed E-state index contributed by atoms with van der Waals surface area (Å²) < 4.78 is 19.0. The van der Waals surface area contributed by atoms with Crippen LogP contribution in [0.5, 0.6) is 0 Å². The molecule has 1 fully saturated rings. The van der Waals surface area contributed by atoms with Crippen molar-refractivity contribution in [1.82, 2.24) is 20.1 Å². The fraction of sp³-hybridized carbons (Fsp3) is 0.409. The molecule has 0 aliphatic carbocycles. The van der Waals surface area contributed by atoms with Gasteiger partial charge in [0, 0.05) is 18.7 Å². The number of amides is 1. The molecule has 1 saturated heterocycles. The SMILES string of the molecule is CCCCc1cc(C(=O)N2CCC[C@@H]2c2ncc(Cc3ccc(F)cc3)o2)n[nH]1. The van der Waals surface area contributed by atoms with E-state index in [9.17, 15) is 9.18 Å². The molecule has 0 saturated carbocycles. The monoisotopic (exact) mass is 396 g/mol. The summed E-state index contributed by atoms with van der Waals surface area (Å²) in [4.78, 5) is 19.2. The van der Waals surface area contributed by atoms with Gasteiger partial charge in [-0.2, -0.15) is 5.10 Å². The number of rotatable bonds is 7. The Bertz CT molecular complexity index is 963. The van der Waals surface area contributed by atoms with E-state index >= 15 is 0 Å². The van der Waals surface area contributed by atoms with Crippen molar-refractivity contribution in [1.29, 1.82) is 0 Å². The zero-order valence-corrected chi connectivity index (χ0v) is 16.5. The van der Waals surface area contributed by atoms with Crippen LogP contribution < -0.4 is 0 Å². The minimum Gasteiger partial charge on any atom is -0.443 e. The summed E-state index contributed by atoms with van der Waals surface area (Å²) in [7, 11) is 0. The van der Waals surface area contributed by atoms with Crippen LogP contribution in [0, 0.1) is 5.82 Å². The third-order valence-corrected chi connectivity index (χ3v) is 5.31. The van der Waals surface area contributed by atoms with Gasteiger partial charge in [0.2, 0.25) is 5.89 Å². The number of aromatic nitrogens is 3. The molecule has 0 unspecified atom stereocenters. The van der Waals surface area contributed by atoms with E-state index in [0.29, 0.717) is 30.3 Å². The molecule has 29 heavy (non-hydrogen) atoms. The van der Waals surface area contributed by atoms with Gasteiger partial charge in [0.1, 0.15) is 23.3 Å². The second kappa shape index (κ2) is 8.59. The largest absolute Gasteiger partial charge is 0.443 e. The highest BCUT2D eigenvalue weighted by molar-refractivity contribution is 5.92. The normalized spacial score (nSPS) is 16.5. The number of likely N-dealkylation sites (tertiary alicyclic amines) is 1. The number of nitrogens with zero attached hydrogens (tertiary/aromatic N) is 3. The fourth-order valence-corrected chi connectivity index (χ4v) is 3.74. The van der Waals surface area contributed by atoms with E-state index in [2.05, 4.69) is 22.1 Å². The van der Waals surface area contributed by atoms with Crippen LogP contribution in [0.3, 0.4) is 0 Å². The summed E-state index contributed by atoms with van der Waals surface area (Å²) >= 11 is 0. The summed E-state index contributed by atoms with van der Waals surface area (Å²) in [5, 5.41) is 7.18. The molecule has 1 atom stereocenters. The summed E-state index contributed by atoms with van der Waals surface area (Å²) in [6.45, 7) is 2.80. The first-order valence-corrected chi connectivity index (χ1v) is 10.2. The number of aryl methyl sites for hydroxylation is 1. The Balaban J connectivity index is 1.45. The van der Waals surface area contributed by atoms with Gasteiger partial charge in [0.05, 0.1) is 6.20 Å². The predicted molar refractivity (Wildman–Crippen MR) is 106 cm³/mol. The molecule has 1 N–H and O–H groups in total. The van der Waals surface area contributed by atoms with Crippen LogP contribution in [0.1, 0.15) is 72.0 Å². The Morgan fingerprint density at radius 1 is 1.34 bits per heavy atom.